The lowest BCUT2D eigenvalue weighted by Gasteiger charge is -2.38. The Morgan fingerprint density at radius 3 is 2.37 bits per heavy atom. The zero-order chi connectivity index (χ0) is 14.0. The Balaban J connectivity index is 1.84. The lowest BCUT2D eigenvalue weighted by Crippen LogP contribution is -2.37. The van der Waals surface area contributed by atoms with E-state index in [4.69, 9.17) is 5.73 Å². The van der Waals surface area contributed by atoms with Crippen molar-refractivity contribution < 1.29 is 0 Å². The van der Waals surface area contributed by atoms with E-state index < -0.39 is 0 Å². The Kier molecular flexibility index (Phi) is 4.23. The number of hydrogen-bond acceptors (Lipinski definition) is 4. The fraction of sp³-hybridized carbons (Fsp3) is 0.929. The molecule has 1 aromatic heterocycles. The van der Waals surface area contributed by atoms with Crippen molar-refractivity contribution in [3.05, 3.63) is 5.82 Å². The summed E-state index contributed by atoms with van der Waals surface area (Å²) in [6.07, 6.45) is 5.83. The van der Waals surface area contributed by atoms with Crippen molar-refractivity contribution in [1.29, 1.82) is 0 Å². The van der Waals surface area contributed by atoms with Crippen molar-refractivity contribution in [2.24, 2.45) is 30.0 Å². The lowest BCUT2D eigenvalue weighted by atomic mass is 9.68. The highest BCUT2D eigenvalue weighted by molar-refractivity contribution is 4.90. The average molecular weight is 265 g/mol. The predicted molar refractivity (Wildman–Crippen MR) is 75.4 cm³/mol. The van der Waals surface area contributed by atoms with Gasteiger partial charge in [-0.05, 0) is 48.1 Å². The van der Waals surface area contributed by atoms with E-state index in [0.717, 1.165) is 18.2 Å². The number of nitrogens with two attached hydrogens (primary N) is 1. The van der Waals surface area contributed by atoms with Gasteiger partial charge in [0.05, 0.1) is 7.05 Å². The van der Waals surface area contributed by atoms with Gasteiger partial charge < -0.3 is 5.73 Å². The van der Waals surface area contributed by atoms with E-state index in [1.807, 2.05) is 0 Å². The van der Waals surface area contributed by atoms with Crippen LogP contribution in [0.5, 0.6) is 0 Å². The standard InChI is InChI=1S/C14H27N5/c1-14(2,3)11-7-5-10(6-8-11)12(15)9-13-16-18-19(4)17-13/h10-12H,5-9,15H2,1-4H3. The highest BCUT2D eigenvalue weighted by Gasteiger charge is 2.32. The molecule has 5 nitrogen and oxygen atoms in total. The number of nitrogens with zero attached hydrogens (tertiary/aromatic N) is 4. The molecule has 19 heavy (non-hydrogen) atoms. The summed E-state index contributed by atoms with van der Waals surface area (Å²) in [6.45, 7) is 7.05. The fourth-order valence-corrected chi connectivity index (χ4v) is 3.20. The second-order valence-electron chi connectivity index (χ2n) is 7.04. The van der Waals surface area contributed by atoms with Crippen molar-refractivity contribution >= 4 is 0 Å². The van der Waals surface area contributed by atoms with Crippen LogP contribution < -0.4 is 5.73 Å². The van der Waals surface area contributed by atoms with E-state index in [1.165, 1.54) is 30.5 Å². The smallest absolute Gasteiger partial charge is 0.176 e. The Morgan fingerprint density at radius 2 is 1.89 bits per heavy atom. The van der Waals surface area contributed by atoms with E-state index in [2.05, 4.69) is 36.2 Å². The lowest BCUT2D eigenvalue weighted by molar-refractivity contribution is 0.139. The first kappa shape index (κ1) is 14.4. The van der Waals surface area contributed by atoms with Crippen molar-refractivity contribution in [2.45, 2.75) is 58.9 Å². The molecular formula is C14H27N5. The summed E-state index contributed by atoms with van der Waals surface area (Å²) in [5.74, 6) is 2.22. The van der Waals surface area contributed by atoms with E-state index >= 15 is 0 Å². The molecule has 0 spiro atoms. The predicted octanol–water partition coefficient (Wildman–Crippen LogP) is 1.93. The van der Waals surface area contributed by atoms with Crippen LogP contribution in [0.15, 0.2) is 0 Å². The van der Waals surface area contributed by atoms with Crippen LogP contribution in [0.2, 0.25) is 0 Å². The van der Waals surface area contributed by atoms with Gasteiger partial charge in [0.15, 0.2) is 5.82 Å². The molecule has 0 bridgehead atoms. The molecule has 1 atom stereocenters. The van der Waals surface area contributed by atoms with Crippen LogP contribution in [0.25, 0.3) is 0 Å². The number of aromatic nitrogens is 4. The molecule has 0 aromatic carbocycles. The molecule has 1 aliphatic carbocycles. The Labute approximate surface area is 115 Å². The maximum Gasteiger partial charge on any atom is 0.176 e. The van der Waals surface area contributed by atoms with Crippen molar-refractivity contribution in [2.75, 3.05) is 0 Å². The van der Waals surface area contributed by atoms with Gasteiger partial charge in [-0.2, -0.15) is 4.80 Å². The minimum atomic E-state index is 0.171. The second kappa shape index (κ2) is 5.57. The molecule has 1 aliphatic rings. The molecule has 2 N–H and O–H groups in total. The molecule has 0 amide bonds. The van der Waals surface area contributed by atoms with Gasteiger partial charge in [-0.15, -0.1) is 10.2 Å². The molecule has 0 radical (unpaired) electrons. The quantitative estimate of drug-likeness (QED) is 0.906. The minimum absolute atomic E-state index is 0.171. The zero-order valence-corrected chi connectivity index (χ0v) is 12.6. The summed E-state index contributed by atoms with van der Waals surface area (Å²) in [5, 5.41) is 12.1. The molecule has 1 aromatic rings. The molecule has 108 valence electrons. The minimum Gasteiger partial charge on any atom is -0.327 e. The largest absolute Gasteiger partial charge is 0.327 e. The Morgan fingerprint density at radius 1 is 1.26 bits per heavy atom. The molecule has 1 heterocycles. The van der Waals surface area contributed by atoms with Gasteiger partial charge in [-0.1, -0.05) is 20.8 Å². The van der Waals surface area contributed by atoms with Crippen LogP contribution in [0.3, 0.4) is 0 Å². The summed E-state index contributed by atoms with van der Waals surface area (Å²) in [5.41, 5.74) is 6.76. The number of aryl methyl sites for hydroxylation is 1. The van der Waals surface area contributed by atoms with E-state index in [9.17, 15) is 0 Å². The van der Waals surface area contributed by atoms with Crippen molar-refractivity contribution in [1.82, 2.24) is 20.2 Å². The average Bonchev–Trinajstić information content (AvgIpc) is 2.74. The van der Waals surface area contributed by atoms with Gasteiger partial charge in [-0.25, -0.2) is 0 Å². The zero-order valence-electron chi connectivity index (χ0n) is 12.6. The van der Waals surface area contributed by atoms with E-state index in [-0.39, 0.29) is 6.04 Å². The summed E-state index contributed by atoms with van der Waals surface area (Å²) in [7, 11) is 1.79. The number of tetrazole rings is 1. The van der Waals surface area contributed by atoms with Crippen LogP contribution in [-0.2, 0) is 13.5 Å². The highest BCUT2D eigenvalue weighted by Crippen LogP contribution is 2.40. The number of hydrogen-bond donors (Lipinski definition) is 1. The summed E-state index contributed by atoms with van der Waals surface area (Å²) >= 11 is 0. The molecule has 1 saturated carbocycles. The Bertz CT molecular complexity index is 398. The normalized spacial score (nSPS) is 26.4. The Hall–Kier alpha value is -0.970. The van der Waals surface area contributed by atoms with Crippen LogP contribution >= 0.6 is 0 Å². The maximum atomic E-state index is 6.33. The first-order valence-electron chi connectivity index (χ1n) is 7.34. The van der Waals surface area contributed by atoms with E-state index in [1.54, 1.807) is 7.05 Å². The summed E-state index contributed by atoms with van der Waals surface area (Å²) < 4.78 is 0. The van der Waals surface area contributed by atoms with Gasteiger partial charge in [0.25, 0.3) is 0 Å². The summed E-state index contributed by atoms with van der Waals surface area (Å²) in [6, 6.07) is 0.171. The molecule has 1 fully saturated rings. The second-order valence-corrected chi connectivity index (χ2v) is 7.04. The van der Waals surface area contributed by atoms with Crippen LogP contribution in [0, 0.1) is 17.3 Å². The van der Waals surface area contributed by atoms with Crippen LogP contribution in [0.4, 0.5) is 0 Å². The third kappa shape index (κ3) is 3.75. The molecule has 2 rings (SSSR count). The van der Waals surface area contributed by atoms with Crippen molar-refractivity contribution in [3.63, 3.8) is 0 Å². The first-order chi connectivity index (χ1) is 8.86. The fourth-order valence-electron chi connectivity index (χ4n) is 3.20. The van der Waals surface area contributed by atoms with Gasteiger partial charge in [0.2, 0.25) is 0 Å². The SMILES string of the molecule is Cn1nnc(CC(N)C2CCC(C(C)(C)C)CC2)n1. The van der Waals surface area contributed by atoms with Gasteiger partial charge >= 0.3 is 0 Å². The number of rotatable bonds is 3. The first-order valence-corrected chi connectivity index (χ1v) is 7.34. The molecule has 0 aliphatic heterocycles. The molecule has 5 heteroatoms. The topological polar surface area (TPSA) is 69.6 Å². The molecule has 1 unspecified atom stereocenters. The monoisotopic (exact) mass is 265 g/mol. The molecule has 0 saturated heterocycles. The van der Waals surface area contributed by atoms with Crippen molar-refractivity contribution in [3.8, 4) is 0 Å². The third-order valence-corrected chi connectivity index (χ3v) is 4.57. The van der Waals surface area contributed by atoms with Gasteiger partial charge in [-0.3, -0.25) is 0 Å². The van der Waals surface area contributed by atoms with Gasteiger partial charge in [0, 0.05) is 12.5 Å². The van der Waals surface area contributed by atoms with E-state index in [0.29, 0.717) is 11.3 Å². The highest BCUT2D eigenvalue weighted by atomic mass is 15.6. The third-order valence-electron chi connectivity index (χ3n) is 4.57. The van der Waals surface area contributed by atoms with Crippen LogP contribution in [0.1, 0.15) is 52.3 Å². The van der Waals surface area contributed by atoms with Gasteiger partial charge in [0.1, 0.15) is 0 Å². The maximum absolute atomic E-state index is 6.33. The summed E-state index contributed by atoms with van der Waals surface area (Å²) in [4.78, 5) is 1.50. The molecular weight excluding hydrogens is 238 g/mol. The van der Waals surface area contributed by atoms with Crippen LogP contribution in [-0.4, -0.2) is 26.2 Å².